The molecule has 1 aliphatic rings. The number of ether oxygens (including phenoxy) is 2. The van der Waals surface area contributed by atoms with Crippen molar-refractivity contribution in [1.82, 2.24) is 0 Å². The molecule has 1 aromatic carbocycles. The van der Waals surface area contributed by atoms with Crippen molar-refractivity contribution in [1.29, 1.82) is 0 Å². The van der Waals surface area contributed by atoms with E-state index in [4.69, 9.17) is 4.74 Å². The highest BCUT2D eigenvalue weighted by atomic mass is 32.2. The monoisotopic (exact) mass is 477 g/mol. The van der Waals surface area contributed by atoms with Crippen LogP contribution in [0.15, 0.2) is 22.6 Å². The molecule has 0 fully saturated rings. The minimum absolute atomic E-state index is 0.0480. The van der Waals surface area contributed by atoms with Crippen LogP contribution in [0.4, 0.5) is 26.3 Å². The summed E-state index contributed by atoms with van der Waals surface area (Å²) in [7, 11) is -2.38. The van der Waals surface area contributed by atoms with E-state index in [0.717, 1.165) is 18.2 Å². The number of esters is 1. The largest absolute Gasteiger partial charge is 0.573 e. The first-order valence-electron chi connectivity index (χ1n) is 8.64. The van der Waals surface area contributed by atoms with Crippen LogP contribution in [0.25, 0.3) is 6.08 Å². The van der Waals surface area contributed by atoms with Crippen molar-refractivity contribution >= 4 is 22.9 Å². The molecule has 0 saturated carbocycles. The fraction of sp³-hybridized carbons (Fsp3) is 0.471. The molecular formula is C17H17F6NO6S. The molecule has 14 heteroatoms. The van der Waals surface area contributed by atoms with E-state index in [2.05, 4.69) is 9.57 Å². The number of halogens is 6. The van der Waals surface area contributed by atoms with Crippen LogP contribution < -0.4 is 4.74 Å². The van der Waals surface area contributed by atoms with Crippen LogP contribution in [0, 0.1) is 17.0 Å². The Morgan fingerprint density at radius 1 is 1.23 bits per heavy atom. The summed E-state index contributed by atoms with van der Waals surface area (Å²) in [5, 5.41) is 6.92. The third-order valence-corrected chi connectivity index (χ3v) is 7.14. The van der Waals surface area contributed by atoms with Crippen LogP contribution in [0.2, 0.25) is 0 Å². The van der Waals surface area contributed by atoms with Crippen LogP contribution in [0.1, 0.15) is 18.1 Å². The number of fused-ring (bicyclic) bond motifs is 1. The standard InChI is InChI=1S/C17H17F6NO6S/c1-3-28-15(25)12-8-10-7-11(30-17(21,22)23)6-9(2)13(10)31(5-4-29-24(26)27)14(12)16(18,19)20/h6-8,14,31H,3-5H2,1-2H3/t14-/m0/s1. The Kier molecular flexibility index (Phi) is 7.34. The number of rotatable bonds is 7. The molecule has 7 nitrogen and oxygen atoms in total. The predicted molar refractivity (Wildman–Crippen MR) is 97.4 cm³/mol. The molecule has 2 atom stereocenters. The van der Waals surface area contributed by atoms with Gasteiger partial charge in [0.2, 0.25) is 0 Å². The SMILES string of the molecule is CCOC(=O)C1=Cc2cc(OC(F)(F)F)cc(C)c2[SH](CCO[N+](=O)[O-])[C@@H]1C(F)(F)F. The molecule has 174 valence electrons. The molecule has 1 aliphatic heterocycles. The van der Waals surface area contributed by atoms with E-state index < -0.39 is 63.4 Å². The fourth-order valence-electron chi connectivity index (χ4n) is 3.20. The fourth-order valence-corrected chi connectivity index (χ4v) is 6.07. The molecule has 0 radical (unpaired) electrons. The van der Waals surface area contributed by atoms with Crippen LogP contribution >= 0.6 is 10.9 Å². The summed E-state index contributed by atoms with van der Waals surface area (Å²) in [6.07, 6.45) is -9.14. The molecule has 1 unspecified atom stereocenters. The second-order valence-corrected chi connectivity index (χ2v) is 8.59. The van der Waals surface area contributed by atoms with Gasteiger partial charge >= 0.3 is 18.5 Å². The quantitative estimate of drug-likeness (QED) is 0.207. The Labute approximate surface area is 174 Å². The van der Waals surface area contributed by atoms with Gasteiger partial charge in [0, 0.05) is 5.75 Å². The van der Waals surface area contributed by atoms with E-state index in [-0.39, 0.29) is 22.6 Å². The van der Waals surface area contributed by atoms with E-state index in [9.17, 15) is 41.3 Å². The lowest BCUT2D eigenvalue weighted by molar-refractivity contribution is -0.756. The molecule has 0 N–H and O–H groups in total. The summed E-state index contributed by atoms with van der Waals surface area (Å²) in [6, 6.07) is 1.79. The minimum atomic E-state index is -5.04. The topological polar surface area (TPSA) is 87.9 Å². The zero-order valence-corrected chi connectivity index (χ0v) is 16.9. The molecule has 1 heterocycles. The molecule has 0 amide bonds. The van der Waals surface area contributed by atoms with Gasteiger partial charge in [-0.15, -0.1) is 23.3 Å². The summed E-state index contributed by atoms with van der Waals surface area (Å²) >= 11 is 0. The first kappa shape index (κ1) is 24.6. The Hall–Kier alpha value is -2.64. The summed E-state index contributed by atoms with van der Waals surface area (Å²) in [4.78, 5) is 26.9. The Balaban J connectivity index is 2.66. The van der Waals surface area contributed by atoms with Gasteiger partial charge in [-0.2, -0.15) is 13.2 Å². The molecule has 0 aromatic heterocycles. The van der Waals surface area contributed by atoms with Crippen LogP contribution in [-0.4, -0.2) is 47.8 Å². The molecule has 1 aromatic rings. The highest BCUT2D eigenvalue weighted by molar-refractivity contribution is 8.18. The third-order valence-electron chi connectivity index (χ3n) is 4.09. The van der Waals surface area contributed by atoms with Crippen molar-refractivity contribution in [2.24, 2.45) is 0 Å². The zero-order chi connectivity index (χ0) is 23.6. The number of thiol groups is 1. The van der Waals surface area contributed by atoms with Crippen LogP contribution in [-0.2, 0) is 14.4 Å². The number of aryl methyl sites for hydroxylation is 1. The second-order valence-electron chi connectivity index (χ2n) is 6.24. The maximum atomic E-state index is 14.0. The predicted octanol–water partition coefficient (Wildman–Crippen LogP) is 4.35. The van der Waals surface area contributed by atoms with Gasteiger partial charge in [-0.25, -0.2) is 15.7 Å². The summed E-state index contributed by atoms with van der Waals surface area (Å²) in [5.74, 6) is -2.42. The van der Waals surface area contributed by atoms with Crippen LogP contribution in [0.3, 0.4) is 0 Å². The highest BCUT2D eigenvalue weighted by Gasteiger charge is 2.50. The van der Waals surface area contributed by atoms with Crippen molar-refractivity contribution < 1.29 is 50.5 Å². The summed E-state index contributed by atoms with van der Waals surface area (Å²) in [5.41, 5.74) is -0.829. The van der Waals surface area contributed by atoms with Gasteiger partial charge in [-0.1, -0.05) is 0 Å². The lowest BCUT2D eigenvalue weighted by Gasteiger charge is -2.38. The van der Waals surface area contributed by atoms with Crippen molar-refractivity contribution in [3.8, 4) is 5.75 Å². The van der Waals surface area contributed by atoms with Crippen molar-refractivity contribution in [3.63, 3.8) is 0 Å². The van der Waals surface area contributed by atoms with Gasteiger partial charge in [-0.05, 0) is 48.1 Å². The molecule has 2 rings (SSSR count). The van der Waals surface area contributed by atoms with Gasteiger partial charge in [0.05, 0.1) is 12.2 Å². The number of carbonyl (C=O) groups is 1. The van der Waals surface area contributed by atoms with Gasteiger partial charge in [0.15, 0.2) is 0 Å². The number of hydrogen-bond acceptors (Lipinski definition) is 6. The number of hydrogen-bond donors (Lipinski definition) is 1. The summed E-state index contributed by atoms with van der Waals surface area (Å²) < 4.78 is 88.3. The summed E-state index contributed by atoms with van der Waals surface area (Å²) in [6.45, 7) is 1.75. The van der Waals surface area contributed by atoms with Crippen molar-refractivity contribution in [2.75, 3.05) is 19.0 Å². The number of nitrogens with zero attached hydrogens (tertiary/aromatic N) is 1. The number of benzene rings is 1. The normalized spacial score (nSPS) is 19.8. The minimum Gasteiger partial charge on any atom is -0.463 e. The first-order valence-corrected chi connectivity index (χ1v) is 10.2. The van der Waals surface area contributed by atoms with E-state index >= 15 is 0 Å². The Morgan fingerprint density at radius 3 is 2.39 bits per heavy atom. The lowest BCUT2D eigenvalue weighted by Crippen LogP contribution is -2.37. The molecule has 0 aliphatic carbocycles. The maximum absolute atomic E-state index is 14.0. The first-order chi connectivity index (χ1) is 14.2. The number of alkyl halides is 6. The van der Waals surface area contributed by atoms with E-state index in [1.165, 1.54) is 13.8 Å². The van der Waals surface area contributed by atoms with Gasteiger partial charge < -0.3 is 14.3 Å². The lowest BCUT2D eigenvalue weighted by atomic mass is 10.0. The smallest absolute Gasteiger partial charge is 0.463 e. The average Bonchev–Trinajstić information content (AvgIpc) is 2.58. The number of carbonyl (C=O) groups excluding carboxylic acids is 1. The van der Waals surface area contributed by atoms with E-state index in [1.54, 1.807) is 0 Å². The van der Waals surface area contributed by atoms with Gasteiger partial charge in [0.25, 0.3) is 5.09 Å². The Morgan fingerprint density at radius 2 is 1.87 bits per heavy atom. The highest BCUT2D eigenvalue weighted by Crippen LogP contribution is 2.57. The molecule has 0 saturated heterocycles. The molecule has 31 heavy (non-hydrogen) atoms. The van der Waals surface area contributed by atoms with Crippen molar-refractivity contribution in [2.45, 2.75) is 36.5 Å². The van der Waals surface area contributed by atoms with Crippen LogP contribution in [0.5, 0.6) is 5.75 Å². The molecular weight excluding hydrogens is 460 g/mol. The maximum Gasteiger partial charge on any atom is 0.573 e. The van der Waals surface area contributed by atoms with Crippen molar-refractivity contribution in [3.05, 3.63) is 38.9 Å². The Bertz CT molecular complexity index is 885. The third kappa shape index (κ3) is 6.18. The van der Waals surface area contributed by atoms with Gasteiger partial charge in [-0.3, -0.25) is 0 Å². The second kappa shape index (κ2) is 9.24. The van der Waals surface area contributed by atoms with Gasteiger partial charge in [0.1, 0.15) is 17.6 Å². The average molecular weight is 477 g/mol. The zero-order valence-electron chi connectivity index (χ0n) is 16.0. The van der Waals surface area contributed by atoms with E-state index in [0.29, 0.717) is 0 Å². The molecule has 0 spiro atoms. The molecule has 0 bridgehead atoms. The van der Waals surface area contributed by atoms with E-state index in [1.807, 2.05) is 0 Å².